The maximum atomic E-state index is 6.19. The van der Waals surface area contributed by atoms with Crippen LogP contribution >= 0.6 is 27.5 Å². The number of halogens is 2. The van der Waals surface area contributed by atoms with Crippen LogP contribution in [0.5, 0.6) is 0 Å². The molecule has 4 heteroatoms. The molecule has 0 aromatic heterocycles. The molecule has 3 N–H and O–H groups in total. The Balaban J connectivity index is 2.23. The maximum absolute atomic E-state index is 6.19. The molecular weight excluding hydrogens is 312 g/mol. The van der Waals surface area contributed by atoms with E-state index in [1.165, 1.54) is 5.56 Å². The number of rotatable bonds is 4. The Hall–Kier alpha value is -0.870. The minimum Gasteiger partial charge on any atom is -0.271 e. The first-order chi connectivity index (χ1) is 8.70. The summed E-state index contributed by atoms with van der Waals surface area (Å²) in [5.74, 6) is 5.64. The van der Waals surface area contributed by atoms with E-state index in [4.69, 9.17) is 17.4 Å². The van der Waals surface area contributed by atoms with Crippen LogP contribution in [0, 0.1) is 0 Å². The SMILES string of the molecule is NNC(Cc1cccc(Br)c1)c1ccccc1Cl. The van der Waals surface area contributed by atoms with Crippen LogP contribution in [-0.2, 0) is 6.42 Å². The molecule has 0 aliphatic heterocycles. The molecule has 2 aromatic carbocycles. The van der Waals surface area contributed by atoms with Gasteiger partial charge in [-0.15, -0.1) is 0 Å². The van der Waals surface area contributed by atoms with E-state index in [0.29, 0.717) is 0 Å². The van der Waals surface area contributed by atoms with Gasteiger partial charge in [0, 0.05) is 9.50 Å². The maximum Gasteiger partial charge on any atom is 0.0515 e. The van der Waals surface area contributed by atoms with E-state index in [-0.39, 0.29) is 6.04 Å². The molecule has 0 radical (unpaired) electrons. The molecule has 0 saturated carbocycles. The summed E-state index contributed by atoms with van der Waals surface area (Å²) in [7, 11) is 0. The van der Waals surface area contributed by atoms with Crippen molar-refractivity contribution in [3.05, 3.63) is 69.2 Å². The van der Waals surface area contributed by atoms with Crippen LogP contribution in [0.4, 0.5) is 0 Å². The molecule has 0 fully saturated rings. The fourth-order valence-electron chi connectivity index (χ4n) is 1.92. The summed E-state index contributed by atoms with van der Waals surface area (Å²) in [6.45, 7) is 0. The van der Waals surface area contributed by atoms with Crippen LogP contribution in [0.15, 0.2) is 53.0 Å². The molecule has 0 bridgehead atoms. The van der Waals surface area contributed by atoms with Crippen molar-refractivity contribution < 1.29 is 0 Å². The Bertz CT molecular complexity index is 531. The number of benzene rings is 2. The lowest BCUT2D eigenvalue weighted by atomic mass is 9.99. The lowest BCUT2D eigenvalue weighted by Crippen LogP contribution is -2.29. The first kappa shape index (κ1) is 13.6. The molecule has 2 rings (SSSR count). The largest absolute Gasteiger partial charge is 0.271 e. The van der Waals surface area contributed by atoms with Crippen molar-refractivity contribution in [2.45, 2.75) is 12.5 Å². The minimum atomic E-state index is 0.00741. The number of hydrogen-bond acceptors (Lipinski definition) is 2. The van der Waals surface area contributed by atoms with Crippen molar-refractivity contribution in [1.82, 2.24) is 5.43 Å². The van der Waals surface area contributed by atoms with Crippen LogP contribution in [-0.4, -0.2) is 0 Å². The molecule has 0 spiro atoms. The van der Waals surface area contributed by atoms with Gasteiger partial charge >= 0.3 is 0 Å². The highest BCUT2D eigenvalue weighted by molar-refractivity contribution is 9.10. The van der Waals surface area contributed by atoms with Crippen molar-refractivity contribution in [2.24, 2.45) is 5.84 Å². The monoisotopic (exact) mass is 324 g/mol. The Morgan fingerprint density at radius 3 is 2.61 bits per heavy atom. The Kier molecular flexibility index (Phi) is 4.78. The van der Waals surface area contributed by atoms with Gasteiger partial charge in [-0.2, -0.15) is 0 Å². The van der Waals surface area contributed by atoms with Crippen molar-refractivity contribution >= 4 is 27.5 Å². The number of nitrogens with two attached hydrogens (primary N) is 1. The summed E-state index contributed by atoms with van der Waals surface area (Å²) < 4.78 is 1.06. The van der Waals surface area contributed by atoms with Gasteiger partial charge in [0.2, 0.25) is 0 Å². The molecule has 0 amide bonds. The topological polar surface area (TPSA) is 38.0 Å². The summed E-state index contributed by atoms with van der Waals surface area (Å²) in [6.07, 6.45) is 0.791. The van der Waals surface area contributed by atoms with Gasteiger partial charge in [-0.25, -0.2) is 0 Å². The average molecular weight is 326 g/mol. The predicted octanol–water partition coefficient (Wildman–Crippen LogP) is 3.85. The van der Waals surface area contributed by atoms with Crippen molar-refractivity contribution in [3.8, 4) is 0 Å². The lowest BCUT2D eigenvalue weighted by Gasteiger charge is -2.17. The van der Waals surface area contributed by atoms with E-state index >= 15 is 0 Å². The zero-order chi connectivity index (χ0) is 13.0. The first-order valence-electron chi connectivity index (χ1n) is 5.65. The summed E-state index contributed by atoms with van der Waals surface area (Å²) in [4.78, 5) is 0. The molecule has 0 saturated heterocycles. The summed E-state index contributed by atoms with van der Waals surface area (Å²) in [6, 6.07) is 15.9. The van der Waals surface area contributed by atoms with Gasteiger partial charge in [-0.05, 0) is 35.7 Å². The van der Waals surface area contributed by atoms with Gasteiger partial charge in [-0.1, -0.05) is 57.9 Å². The van der Waals surface area contributed by atoms with E-state index in [1.54, 1.807) is 0 Å². The standard InChI is InChI=1S/C14H14BrClN2/c15-11-5-3-4-10(8-11)9-14(18-17)12-6-1-2-7-13(12)16/h1-8,14,18H,9,17H2. The number of hydrogen-bond donors (Lipinski definition) is 2. The van der Waals surface area contributed by atoms with E-state index in [9.17, 15) is 0 Å². The third kappa shape index (κ3) is 3.33. The second-order valence-corrected chi connectivity index (χ2v) is 5.40. The third-order valence-corrected chi connectivity index (χ3v) is 3.65. The molecule has 18 heavy (non-hydrogen) atoms. The zero-order valence-electron chi connectivity index (χ0n) is 9.74. The normalized spacial score (nSPS) is 12.4. The van der Waals surface area contributed by atoms with Crippen molar-refractivity contribution in [1.29, 1.82) is 0 Å². The zero-order valence-corrected chi connectivity index (χ0v) is 12.1. The molecule has 0 heterocycles. The van der Waals surface area contributed by atoms with Crippen molar-refractivity contribution in [2.75, 3.05) is 0 Å². The van der Waals surface area contributed by atoms with Crippen molar-refractivity contribution in [3.63, 3.8) is 0 Å². The van der Waals surface area contributed by atoms with E-state index in [1.807, 2.05) is 36.4 Å². The van der Waals surface area contributed by atoms with Gasteiger partial charge in [0.1, 0.15) is 0 Å². The Morgan fingerprint density at radius 1 is 1.17 bits per heavy atom. The molecule has 0 aliphatic carbocycles. The molecule has 1 unspecified atom stereocenters. The Morgan fingerprint density at radius 2 is 1.94 bits per heavy atom. The summed E-state index contributed by atoms with van der Waals surface area (Å²) >= 11 is 9.66. The van der Waals surface area contributed by atoms with Crippen LogP contribution in [0.3, 0.4) is 0 Å². The van der Waals surface area contributed by atoms with Crippen LogP contribution in [0.1, 0.15) is 17.2 Å². The van der Waals surface area contributed by atoms with E-state index in [0.717, 1.165) is 21.5 Å². The van der Waals surface area contributed by atoms with Crippen LogP contribution in [0.2, 0.25) is 5.02 Å². The van der Waals surface area contributed by atoms with E-state index < -0.39 is 0 Å². The highest BCUT2D eigenvalue weighted by Crippen LogP contribution is 2.25. The predicted molar refractivity (Wildman–Crippen MR) is 79.4 cm³/mol. The van der Waals surface area contributed by atoms with E-state index in [2.05, 4.69) is 33.5 Å². The van der Waals surface area contributed by atoms with Crippen LogP contribution < -0.4 is 11.3 Å². The minimum absolute atomic E-state index is 0.00741. The smallest absolute Gasteiger partial charge is 0.0515 e. The average Bonchev–Trinajstić information content (AvgIpc) is 2.37. The third-order valence-electron chi connectivity index (χ3n) is 2.81. The molecule has 94 valence electrons. The molecule has 0 aliphatic rings. The molecule has 1 atom stereocenters. The molecular formula is C14H14BrClN2. The lowest BCUT2D eigenvalue weighted by molar-refractivity contribution is 0.552. The number of hydrazine groups is 1. The highest BCUT2D eigenvalue weighted by Gasteiger charge is 2.13. The highest BCUT2D eigenvalue weighted by atomic mass is 79.9. The fraction of sp³-hybridized carbons (Fsp3) is 0.143. The fourth-order valence-corrected chi connectivity index (χ4v) is 2.63. The van der Waals surface area contributed by atoms with Gasteiger partial charge < -0.3 is 0 Å². The second kappa shape index (κ2) is 6.34. The van der Waals surface area contributed by atoms with Gasteiger partial charge in [0.15, 0.2) is 0 Å². The quantitative estimate of drug-likeness (QED) is 0.662. The second-order valence-electron chi connectivity index (χ2n) is 4.07. The summed E-state index contributed by atoms with van der Waals surface area (Å²) in [5.41, 5.74) is 5.04. The van der Waals surface area contributed by atoms with Gasteiger partial charge in [0.25, 0.3) is 0 Å². The van der Waals surface area contributed by atoms with Crippen LogP contribution in [0.25, 0.3) is 0 Å². The molecule has 2 aromatic rings. The number of nitrogens with one attached hydrogen (secondary N) is 1. The Labute approximate surface area is 120 Å². The van der Waals surface area contributed by atoms with Gasteiger partial charge in [0.05, 0.1) is 6.04 Å². The first-order valence-corrected chi connectivity index (χ1v) is 6.83. The molecule has 2 nitrogen and oxygen atoms in total. The summed E-state index contributed by atoms with van der Waals surface area (Å²) in [5, 5.41) is 0.732. The van der Waals surface area contributed by atoms with Gasteiger partial charge in [-0.3, -0.25) is 11.3 Å².